The molecule has 5 aromatic carbocycles. The van der Waals surface area contributed by atoms with Gasteiger partial charge in [0.2, 0.25) is 0 Å². The van der Waals surface area contributed by atoms with Crippen LogP contribution in [0.2, 0.25) is 0 Å². The predicted molar refractivity (Wildman–Crippen MR) is 194 cm³/mol. The first kappa shape index (κ1) is 35.2. The number of hydrogen-bond donors (Lipinski definition) is 0. The molecule has 1 saturated heterocycles. The fourth-order valence-corrected chi connectivity index (χ4v) is 5.96. The minimum atomic E-state index is -0.600. The molecule has 1 aliphatic rings. The van der Waals surface area contributed by atoms with E-state index in [0.717, 1.165) is 27.8 Å². The number of benzene rings is 5. The first-order valence-electron chi connectivity index (χ1n) is 17.2. The van der Waals surface area contributed by atoms with Crippen LogP contribution in [0.15, 0.2) is 157 Å². The maximum atomic E-state index is 6.91. The van der Waals surface area contributed by atoms with Crippen LogP contribution in [0.1, 0.15) is 34.7 Å². The van der Waals surface area contributed by atoms with Gasteiger partial charge in [-0.15, -0.1) is 0 Å². The quantitative estimate of drug-likeness (QED) is 0.0732. The van der Waals surface area contributed by atoms with Crippen LogP contribution in [0.5, 0.6) is 0 Å². The molecule has 1 unspecified atom stereocenters. The summed E-state index contributed by atoms with van der Waals surface area (Å²) in [5.74, 6) is 0. The summed E-state index contributed by atoms with van der Waals surface area (Å²) >= 11 is 0. The molecule has 258 valence electrons. The second-order valence-corrected chi connectivity index (χ2v) is 12.4. The molecule has 0 N–H and O–H groups in total. The maximum Gasteiger partial charge on any atom is 0.142 e. The molecular weight excluding hydrogens is 626 g/mol. The first-order valence-corrected chi connectivity index (χ1v) is 17.2. The van der Waals surface area contributed by atoms with Gasteiger partial charge in [-0.05, 0) is 34.7 Å². The van der Waals surface area contributed by atoms with Crippen molar-refractivity contribution in [2.24, 2.45) is 5.16 Å². The van der Waals surface area contributed by atoms with Gasteiger partial charge >= 0.3 is 0 Å². The van der Waals surface area contributed by atoms with Crippen LogP contribution in [0.25, 0.3) is 0 Å². The summed E-state index contributed by atoms with van der Waals surface area (Å²) in [6.07, 6.45) is -2.73. The highest BCUT2D eigenvalue weighted by Crippen LogP contribution is 2.32. The van der Waals surface area contributed by atoms with Gasteiger partial charge in [0, 0.05) is 0 Å². The van der Waals surface area contributed by atoms with E-state index in [0.29, 0.717) is 38.7 Å². The Labute approximate surface area is 295 Å². The lowest BCUT2D eigenvalue weighted by Gasteiger charge is -2.46. The maximum absolute atomic E-state index is 6.91. The zero-order valence-corrected chi connectivity index (χ0v) is 28.5. The average Bonchev–Trinajstić information content (AvgIpc) is 3.17. The zero-order valence-electron chi connectivity index (χ0n) is 28.5. The van der Waals surface area contributed by atoms with Crippen LogP contribution in [0, 0.1) is 0 Å². The third kappa shape index (κ3) is 10.4. The van der Waals surface area contributed by atoms with Gasteiger partial charge in [-0.1, -0.05) is 157 Å². The van der Waals surface area contributed by atoms with E-state index in [2.05, 4.69) is 29.4 Å². The highest BCUT2D eigenvalue weighted by Gasteiger charge is 2.49. The normalized spacial score (nSPS) is 20.7. The Bertz CT molecular complexity index is 1690. The van der Waals surface area contributed by atoms with Crippen LogP contribution in [0.3, 0.4) is 0 Å². The highest BCUT2D eigenvalue weighted by molar-refractivity contribution is 5.86. The van der Waals surface area contributed by atoms with Gasteiger partial charge in [0.05, 0.1) is 38.7 Å². The van der Waals surface area contributed by atoms with Gasteiger partial charge in [-0.25, -0.2) is 0 Å². The molecule has 0 amide bonds. The molecule has 7 nitrogen and oxygen atoms in total. The van der Waals surface area contributed by atoms with E-state index in [1.54, 1.807) is 0 Å². The Morgan fingerprint density at radius 2 is 0.860 bits per heavy atom. The summed E-state index contributed by atoms with van der Waals surface area (Å²) < 4.78 is 33.6. The molecule has 0 bridgehead atoms. The van der Waals surface area contributed by atoms with Crippen LogP contribution in [-0.4, -0.2) is 42.8 Å². The summed E-state index contributed by atoms with van der Waals surface area (Å²) in [5, 5.41) is 4.56. The molecule has 50 heavy (non-hydrogen) atoms. The van der Waals surface area contributed by atoms with Gasteiger partial charge in [0.15, 0.2) is 0 Å². The van der Waals surface area contributed by atoms with Gasteiger partial charge in [-0.3, -0.25) is 0 Å². The number of nitrogens with zero attached hydrogens (tertiary/aromatic N) is 1. The molecule has 7 heteroatoms. The molecule has 6 rings (SSSR count). The van der Waals surface area contributed by atoms with Crippen LogP contribution in [0.4, 0.5) is 0 Å². The molecule has 0 aliphatic carbocycles. The molecule has 0 radical (unpaired) electrons. The minimum Gasteiger partial charge on any atom is -0.391 e. The molecule has 5 atom stereocenters. The van der Waals surface area contributed by atoms with Crippen LogP contribution >= 0.6 is 0 Å². The van der Waals surface area contributed by atoms with Crippen molar-refractivity contribution in [3.05, 3.63) is 179 Å². The minimum absolute atomic E-state index is 0.277. The van der Waals surface area contributed by atoms with Crippen LogP contribution in [-0.2, 0) is 61.6 Å². The van der Waals surface area contributed by atoms with E-state index in [9.17, 15) is 0 Å². The molecule has 1 heterocycles. The lowest BCUT2D eigenvalue weighted by molar-refractivity contribution is -0.259. The molecule has 1 aliphatic heterocycles. The van der Waals surface area contributed by atoms with Crippen molar-refractivity contribution in [1.29, 1.82) is 0 Å². The first-order chi connectivity index (χ1) is 24.7. The lowest BCUT2D eigenvalue weighted by Crippen LogP contribution is -2.62. The van der Waals surface area contributed by atoms with Gasteiger partial charge in [0.25, 0.3) is 0 Å². The van der Waals surface area contributed by atoms with Gasteiger partial charge in [0.1, 0.15) is 37.1 Å². The summed E-state index contributed by atoms with van der Waals surface area (Å²) in [6.45, 7) is 4.06. The topological polar surface area (TPSA) is 67.7 Å². The number of oxime groups is 1. The molecule has 1 fully saturated rings. The van der Waals surface area contributed by atoms with Crippen molar-refractivity contribution in [3.63, 3.8) is 0 Å². The highest BCUT2D eigenvalue weighted by atomic mass is 16.6. The van der Waals surface area contributed by atoms with E-state index in [4.69, 9.17) is 28.5 Å². The monoisotopic (exact) mass is 671 g/mol. The number of ether oxygens (including phenoxy) is 5. The average molecular weight is 672 g/mol. The van der Waals surface area contributed by atoms with Crippen molar-refractivity contribution < 1.29 is 28.5 Å². The standard InChI is InChI=1S/C43H45NO6/c1-33(44-49-31-38-25-15-6-16-26-38)40-42(47-29-36-21-11-4-12-22-36)43(48-30-37-23-13-5-14-24-37)41(46-28-35-19-9-3-10-20-35)39(50-40)32-45-27-34-17-7-2-8-18-34/h2-26,39-43H,27-32H2,1H3/b44-33+/t39-,40?,41-,42+,43+/m1/s1. The van der Waals surface area contributed by atoms with Crippen molar-refractivity contribution in [2.75, 3.05) is 6.61 Å². The van der Waals surface area contributed by atoms with E-state index < -0.39 is 30.5 Å². The van der Waals surface area contributed by atoms with Crippen molar-refractivity contribution >= 4 is 5.71 Å². The molecule has 0 spiro atoms. The summed E-state index contributed by atoms with van der Waals surface area (Å²) in [7, 11) is 0. The third-order valence-electron chi connectivity index (χ3n) is 8.58. The summed E-state index contributed by atoms with van der Waals surface area (Å²) in [6, 6.07) is 50.5. The molecular formula is C43H45NO6. The smallest absolute Gasteiger partial charge is 0.142 e. The van der Waals surface area contributed by atoms with E-state index in [1.807, 2.05) is 134 Å². The van der Waals surface area contributed by atoms with Gasteiger partial charge in [-0.2, -0.15) is 0 Å². The van der Waals surface area contributed by atoms with Crippen molar-refractivity contribution in [1.82, 2.24) is 0 Å². The molecule has 5 aromatic rings. The second kappa shape index (κ2) is 18.9. The molecule has 0 aromatic heterocycles. The van der Waals surface area contributed by atoms with Crippen molar-refractivity contribution in [2.45, 2.75) is 70.5 Å². The zero-order chi connectivity index (χ0) is 34.2. The van der Waals surface area contributed by atoms with E-state index in [-0.39, 0.29) is 6.61 Å². The largest absolute Gasteiger partial charge is 0.391 e. The summed E-state index contributed by atoms with van der Waals surface area (Å²) in [5.41, 5.74) is 5.88. The van der Waals surface area contributed by atoms with Crippen LogP contribution < -0.4 is 0 Å². The fraction of sp³-hybridized carbons (Fsp3) is 0.279. The Kier molecular flexibility index (Phi) is 13.3. The number of rotatable bonds is 17. The Balaban J connectivity index is 1.31. The SMILES string of the molecule is C/C(=N\OCc1ccccc1)C1O[C@H](COCc2ccccc2)[C@@H](OCc2ccccc2)[C@H](OCc2ccccc2)[C@H]1OCc1ccccc1. The second-order valence-electron chi connectivity index (χ2n) is 12.4. The Hall–Kier alpha value is -4.63. The Morgan fingerprint density at radius 3 is 1.32 bits per heavy atom. The van der Waals surface area contributed by atoms with Gasteiger partial charge < -0.3 is 28.5 Å². The fourth-order valence-electron chi connectivity index (χ4n) is 5.96. The number of hydrogen-bond acceptors (Lipinski definition) is 7. The van der Waals surface area contributed by atoms with E-state index in [1.165, 1.54) is 0 Å². The molecule has 0 saturated carbocycles. The summed E-state index contributed by atoms with van der Waals surface area (Å²) in [4.78, 5) is 5.87. The lowest BCUT2D eigenvalue weighted by atomic mass is 9.92. The van der Waals surface area contributed by atoms with Crippen molar-refractivity contribution in [3.8, 4) is 0 Å². The Morgan fingerprint density at radius 1 is 0.480 bits per heavy atom. The predicted octanol–water partition coefficient (Wildman–Crippen LogP) is 8.32. The third-order valence-corrected chi connectivity index (χ3v) is 8.58. The van der Waals surface area contributed by atoms with E-state index >= 15 is 0 Å².